The van der Waals surface area contributed by atoms with E-state index in [2.05, 4.69) is 35.6 Å². The van der Waals surface area contributed by atoms with Crippen molar-refractivity contribution in [3.63, 3.8) is 0 Å². The van der Waals surface area contributed by atoms with E-state index in [1.807, 2.05) is 25.1 Å². The summed E-state index contributed by atoms with van der Waals surface area (Å²) < 4.78 is 26.7. The smallest absolute Gasteiger partial charge is 0.206 e. The topological polar surface area (TPSA) is 46.2 Å². The van der Waals surface area contributed by atoms with E-state index < -0.39 is 9.84 Å². The minimum atomic E-state index is -3.54. The molecule has 0 aliphatic carbocycles. The zero-order valence-corrected chi connectivity index (χ0v) is 16.0. The molecule has 0 spiro atoms. The molecular weight excluding hydrogens is 354 g/mol. The van der Waals surface area contributed by atoms with Crippen molar-refractivity contribution in [3.8, 4) is 0 Å². The molecule has 0 fully saturated rings. The second kappa shape index (κ2) is 6.04. The molecule has 3 aromatic rings. The molecule has 0 saturated heterocycles. The van der Waals surface area contributed by atoms with Crippen molar-refractivity contribution >= 4 is 9.84 Å². The highest BCUT2D eigenvalue weighted by atomic mass is 32.2. The van der Waals surface area contributed by atoms with Gasteiger partial charge in [0.2, 0.25) is 9.84 Å². The maximum Gasteiger partial charge on any atom is 0.206 e. The van der Waals surface area contributed by atoms with Crippen LogP contribution in [-0.4, -0.2) is 8.42 Å². The molecule has 0 amide bonds. The van der Waals surface area contributed by atoms with E-state index in [4.69, 9.17) is 0 Å². The van der Waals surface area contributed by atoms with Gasteiger partial charge >= 0.3 is 0 Å². The lowest BCUT2D eigenvalue weighted by Crippen LogP contribution is -2.17. The Hall–Kier alpha value is -2.43. The first-order valence-electron chi connectivity index (χ1n) is 9.31. The summed E-state index contributed by atoms with van der Waals surface area (Å²) in [4.78, 5) is 0.819. The predicted molar refractivity (Wildman–Crippen MR) is 106 cm³/mol. The second-order valence-electron chi connectivity index (χ2n) is 7.52. The van der Waals surface area contributed by atoms with Crippen molar-refractivity contribution < 1.29 is 8.42 Å². The van der Waals surface area contributed by atoms with Crippen LogP contribution in [0.1, 0.15) is 39.9 Å². The number of hydrogen-bond acceptors (Lipinski definition) is 3. The first kappa shape index (κ1) is 16.7. The van der Waals surface area contributed by atoms with Crippen LogP contribution in [-0.2, 0) is 22.7 Å². The molecule has 2 heterocycles. The average Bonchev–Trinajstić information content (AvgIpc) is 2.88. The Bertz CT molecular complexity index is 1130. The number of aryl methyl sites for hydroxylation is 1. The monoisotopic (exact) mass is 375 g/mol. The maximum atomic E-state index is 13.4. The standard InChI is InChI=1S/C23H21NO2S/c1-15-9-11-17(12-10-15)27(25,26)23-8-4-5-16-13-21-18-6-2-3-7-19(18)22(24-21)14-20(16)23/h2-12,21-22,24H,13-14H2,1H3. The molecule has 2 aliphatic heterocycles. The fourth-order valence-corrected chi connectivity index (χ4v) is 6.00. The molecule has 27 heavy (non-hydrogen) atoms. The molecule has 2 aliphatic rings. The van der Waals surface area contributed by atoms with Crippen LogP contribution >= 0.6 is 0 Å². The molecule has 2 atom stereocenters. The van der Waals surface area contributed by atoms with Crippen molar-refractivity contribution in [3.05, 3.63) is 94.5 Å². The van der Waals surface area contributed by atoms with E-state index in [1.165, 1.54) is 11.1 Å². The summed E-state index contributed by atoms with van der Waals surface area (Å²) in [5.41, 5.74) is 5.81. The number of fused-ring (bicyclic) bond motifs is 6. The molecule has 0 saturated carbocycles. The quantitative estimate of drug-likeness (QED) is 0.726. The van der Waals surface area contributed by atoms with Crippen molar-refractivity contribution in [2.45, 2.75) is 41.6 Å². The third-order valence-electron chi connectivity index (χ3n) is 5.83. The predicted octanol–water partition coefficient (Wildman–Crippen LogP) is 4.31. The molecule has 2 bridgehead atoms. The van der Waals surface area contributed by atoms with Gasteiger partial charge in [-0.15, -0.1) is 0 Å². The van der Waals surface area contributed by atoms with Gasteiger partial charge in [-0.3, -0.25) is 0 Å². The lowest BCUT2D eigenvalue weighted by molar-refractivity contribution is 0.510. The zero-order valence-electron chi connectivity index (χ0n) is 15.1. The van der Waals surface area contributed by atoms with Crippen LogP contribution in [0.5, 0.6) is 0 Å². The van der Waals surface area contributed by atoms with Crippen molar-refractivity contribution in [1.29, 1.82) is 0 Å². The van der Waals surface area contributed by atoms with Gasteiger partial charge in [-0.05, 0) is 60.2 Å². The number of rotatable bonds is 2. The lowest BCUT2D eigenvalue weighted by Gasteiger charge is -2.18. The van der Waals surface area contributed by atoms with E-state index >= 15 is 0 Å². The first-order chi connectivity index (χ1) is 13.0. The van der Waals surface area contributed by atoms with Gasteiger partial charge < -0.3 is 5.32 Å². The third kappa shape index (κ3) is 2.63. The third-order valence-corrected chi connectivity index (χ3v) is 7.69. The molecule has 5 rings (SSSR count). The second-order valence-corrected chi connectivity index (χ2v) is 9.44. The normalized spacial score (nSPS) is 20.6. The zero-order chi connectivity index (χ0) is 18.6. The Labute approximate surface area is 160 Å². The van der Waals surface area contributed by atoms with Gasteiger partial charge in [0.15, 0.2) is 0 Å². The molecule has 3 nitrogen and oxygen atoms in total. The van der Waals surface area contributed by atoms with E-state index in [-0.39, 0.29) is 12.1 Å². The molecule has 4 heteroatoms. The minimum Gasteiger partial charge on any atom is -0.302 e. The number of hydrogen-bond donors (Lipinski definition) is 1. The maximum absolute atomic E-state index is 13.4. The summed E-state index contributed by atoms with van der Waals surface area (Å²) in [7, 11) is -3.54. The van der Waals surface area contributed by atoms with Crippen LogP contribution in [0.4, 0.5) is 0 Å². The van der Waals surface area contributed by atoms with Crippen molar-refractivity contribution in [2.75, 3.05) is 0 Å². The number of benzene rings is 3. The van der Waals surface area contributed by atoms with Crippen molar-refractivity contribution in [2.24, 2.45) is 0 Å². The summed E-state index contributed by atoms with van der Waals surface area (Å²) in [5, 5.41) is 3.70. The van der Waals surface area contributed by atoms with Gasteiger partial charge in [0.05, 0.1) is 9.79 Å². The Morgan fingerprint density at radius 3 is 2.19 bits per heavy atom. The van der Waals surface area contributed by atoms with Crippen LogP contribution in [0.25, 0.3) is 0 Å². The fraction of sp³-hybridized carbons (Fsp3) is 0.217. The van der Waals surface area contributed by atoms with E-state index in [1.54, 1.807) is 18.2 Å². The SMILES string of the molecule is Cc1ccc(S(=O)(=O)c2cccc3c2CC2NC(C3)c3ccccc32)cc1. The Morgan fingerprint density at radius 1 is 0.815 bits per heavy atom. The lowest BCUT2D eigenvalue weighted by atomic mass is 9.89. The van der Waals surface area contributed by atoms with Crippen molar-refractivity contribution in [1.82, 2.24) is 5.32 Å². The van der Waals surface area contributed by atoms with Crippen LogP contribution in [0, 0.1) is 6.92 Å². The van der Waals surface area contributed by atoms with E-state index in [9.17, 15) is 8.42 Å². The summed E-state index contributed by atoms with van der Waals surface area (Å²) in [6.07, 6.45) is 1.52. The largest absolute Gasteiger partial charge is 0.302 e. The minimum absolute atomic E-state index is 0.168. The van der Waals surface area contributed by atoms with Gasteiger partial charge in [0.1, 0.15) is 0 Å². The van der Waals surface area contributed by atoms with Gasteiger partial charge in [0.25, 0.3) is 0 Å². The molecule has 3 aromatic carbocycles. The molecular formula is C23H21NO2S. The van der Waals surface area contributed by atoms with Crippen LogP contribution < -0.4 is 5.32 Å². The summed E-state index contributed by atoms with van der Waals surface area (Å²) in [5.74, 6) is 0. The Morgan fingerprint density at radius 2 is 1.48 bits per heavy atom. The van der Waals surface area contributed by atoms with Crippen LogP contribution in [0.2, 0.25) is 0 Å². The highest BCUT2D eigenvalue weighted by Gasteiger charge is 2.36. The summed E-state index contributed by atoms with van der Waals surface area (Å²) in [6, 6.07) is 21.8. The first-order valence-corrected chi connectivity index (χ1v) is 10.8. The van der Waals surface area contributed by atoms with Crippen LogP contribution in [0.3, 0.4) is 0 Å². The Balaban J connectivity index is 1.63. The summed E-state index contributed by atoms with van der Waals surface area (Å²) in [6.45, 7) is 1.96. The Kier molecular flexibility index (Phi) is 3.74. The van der Waals surface area contributed by atoms with Gasteiger partial charge in [-0.25, -0.2) is 8.42 Å². The highest BCUT2D eigenvalue weighted by molar-refractivity contribution is 7.91. The average molecular weight is 375 g/mol. The summed E-state index contributed by atoms with van der Waals surface area (Å²) >= 11 is 0. The number of sulfone groups is 1. The highest BCUT2D eigenvalue weighted by Crippen LogP contribution is 2.42. The van der Waals surface area contributed by atoms with Gasteiger partial charge in [-0.1, -0.05) is 54.1 Å². The molecule has 2 unspecified atom stereocenters. The fourth-order valence-electron chi connectivity index (χ4n) is 4.46. The molecule has 0 aromatic heterocycles. The van der Waals surface area contributed by atoms with Crippen LogP contribution in [0.15, 0.2) is 76.5 Å². The van der Waals surface area contributed by atoms with Gasteiger partial charge in [0, 0.05) is 12.1 Å². The number of nitrogens with one attached hydrogen (secondary N) is 1. The molecule has 0 radical (unpaired) electrons. The van der Waals surface area contributed by atoms with Gasteiger partial charge in [-0.2, -0.15) is 0 Å². The van der Waals surface area contributed by atoms with E-state index in [0.29, 0.717) is 16.2 Å². The molecule has 1 N–H and O–H groups in total. The van der Waals surface area contributed by atoms with E-state index in [0.717, 1.165) is 23.1 Å². The molecule has 136 valence electrons.